The highest BCUT2D eigenvalue weighted by molar-refractivity contribution is 5.85. The van der Waals surface area contributed by atoms with Gasteiger partial charge in [0.25, 0.3) is 0 Å². The van der Waals surface area contributed by atoms with Crippen LogP contribution in [0.3, 0.4) is 0 Å². The van der Waals surface area contributed by atoms with E-state index >= 15 is 0 Å². The zero-order valence-corrected chi connectivity index (χ0v) is 8.73. The van der Waals surface area contributed by atoms with Crippen molar-refractivity contribution in [1.29, 1.82) is 0 Å². The third-order valence-electron chi connectivity index (χ3n) is 2.54. The van der Waals surface area contributed by atoms with E-state index in [1.165, 1.54) is 29.5 Å². The fourth-order valence-electron chi connectivity index (χ4n) is 1.70. The van der Waals surface area contributed by atoms with Crippen molar-refractivity contribution in [3.05, 3.63) is 34.9 Å². The lowest BCUT2D eigenvalue weighted by atomic mass is 10.0. The van der Waals surface area contributed by atoms with Crippen LogP contribution in [0.5, 0.6) is 0 Å². The second kappa shape index (κ2) is 4.12. The largest absolute Gasteiger partial charge is 0.326 e. The molecule has 0 heterocycles. The molecule has 0 aromatic heterocycles. The van der Waals surface area contributed by atoms with Crippen molar-refractivity contribution in [3.8, 4) is 0 Å². The van der Waals surface area contributed by atoms with Crippen LogP contribution >= 0.6 is 12.4 Å². The van der Waals surface area contributed by atoms with Crippen LogP contribution in [0.4, 0.5) is 0 Å². The summed E-state index contributed by atoms with van der Waals surface area (Å²) < 4.78 is 0. The molecule has 0 radical (unpaired) electrons. The molecule has 0 saturated heterocycles. The lowest BCUT2D eigenvalue weighted by Crippen LogP contribution is -2.00. The van der Waals surface area contributed by atoms with E-state index in [1.54, 1.807) is 0 Å². The van der Waals surface area contributed by atoms with Gasteiger partial charge in [0.1, 0.15) is 0 Å². The van der Waals surface area contributed by atoms with Gasteiger partial charge in [-0.15, -0.1) is 12.4 Å². The summed E-state index contributed by atoms with van der Waals surface area (Å²) in [5, 5.41) is 0. The van der Waals surface area contributed by atoms with Crippen molar-refractivity contribution < 1.29 is 0 Å². The van der Waals surface area contributed by atoms with Crippen molar-refractivity contribution >= 4 is 12.4 Å². The number of nitrogens with two attached hydrogens (primary N) is 1. The fraction of sp³-hybridized carbons (Fsp3) is 0.455. The predicted octanol–water partition coefficient (Wildman–Crippen LogP) is 2.75. The zero-order valence-electron chi connectivity index (χ0n) is 7.92. The first-order valence-corrected chi connectivity index (χ1v) is 4.61. The maximum absolute atomic E-state index is 5.69. The van der Waals surface area contributed by atoms with E-state index < -0.39 is 0 Å². The van der Waals surface area contributed by atoms with Gasteiger partial charge in [0, 0.05) is 6.54 Å². The van der Waals surface area contributed by atoms with Gasteiger partial charge in [-0.1, -0.05) is 23.8 Å². The summed E-state index contributed by atoms with van der Waals surface area (Å²) >= 11 is 0. The summed E-state index contributed by atoms with van der Waals surface area (Å²) in [6.45, 7) is 2.81. The van der Waals surface area contributed by atoms with E-state index in [0.717, 1.165) is 5.92 Å². The molecule has 1 aliphatic rings. The lowest BCUT2D eigenvalue weighted by molar-refractivity contribution is 0.992. The summed E-state index contributed by atoms with van der Waals surface area (Å²) in [6.07, 6.45) is 2.71. The molecule has 0 unspecified atom stereocenters. The van der Waals surface area contributed by atoms with E-state index in [4.69, 9.17) is 5.73 Å². The van der Waals surface area contributed by atoms with Crippen molar-refractivity contribution in [1.82, 2.24) is 0 Å². The van der Waals surface area contributed by atoms with Crippen LogP contribution < -0.4 is 5.73 Å². The Morgan fingerprint density at radius 3 is 2.62 bits per heavy atom. The summed E-state index contributed by atoms with van der Waals surface area (Å²) in [4.78, 5) is 0. The molecule has 1 nitrogen and oxygen atoms in total. The molecule has 1 saturated carbocycles. The first-order chi connectivity index (χ1) is 5.81. The number of rotatable bonds is 2. The van der Waals surface area contributed by atoms with E-state index in [2.05, 4.69) is 25.1 Å². The van der Waals surface area contributed by atoms with Crippen LogP contribution in [0.15, 0.2) is 18.2 Å². The van der Waals surface area contributed by atoms with Gasteiger partial charge in [-0.3, -0.25) is 0 Å². The standard InChI is InChI=1S/C11H15N.ClH/c1-8-2-5-11(9-3-4-9)10(6-8)7-12;/h2,5-6,9H,3-4,7,12H2,1H3;1H. The molecule has 0 aliphatic heterocycles. The normalized spacial score (nSPS) is 15.2. The first-order valence-electron chi connectivity index (χ1n) is 4.61. The maximum atomic E-state index is 5.69. The predicted molar refractivity (Wildman–Crippen MR) is 58.3 cm³/mol. The van der Waals surface area contributed by atoms with Crippen LogP contribution in [0.2, 0.25) is 0 Å². The van der Waals surface area contributed by atoms with Crippen molar-refractivity contribution in [2.24, 2.45) is 5.73 Å². The number of hydrogen-bond donors (Lipinski definition) is 1. The van der Waals surface area contributed by atoms with Gasteiger partial charge in [0.05, 0.1) is 0 Å². The molecule has 0 spiro atoms. The van der Waals surface area contributed by atoms with Crippen LogP contribution in [0.25, 0.3) is 0 Å². The van der Waals surface area contributed by atoms with Gasteiger partial charge >= 0.3 is 0 Å². The Balaban J connectivity index is 0.000000845. The molecule has 2 heteroatoms. The van der Waals surface area contributed by atoms with E-state index in [1.807, 2.05) is 0 Å². The molecule has 1 fully saturated rings. The van der Waals surface area contributed by atoms with Gasteiger partial charge < -0.3 is 5.73 Å². The number of benzene rings is 1. The molecular formula is C11H16ClN. The second-order valence-electron chi connectivity index (χ2n) is 3.68. The van der Waals surface area contributed by atoms with E-state index in [9.17, 15) is 0 Å². The number of aryl methyl sites for hydroxylation is 1. The molecule has 0 bridgehead atoms. The number of halogens is 1. The SMILES string of the molecule is Cc1ccc(C2CC2)c(CN)c1.Cl. The average molecular weight is 198 g/mol. The molecule has 13 heavy (non-hydrogen) atoms. The minimum Gasteiger partial charge on any atom is -0.326 e. The molecule has 2 rings (SSSR count). The molecule has 0 amide bonds. The molecule has 2 N–H and O–H groups in total. The molecule has 1 aromatic carbocycles. The highest BCUT2D eigenvalue weighted by atomic mass is 35.5. The fourth-order valence-corrected chi connectivity index (χ4v) is 1.70. The average Bonchev–Trinajstić information content (AvgIpc) is 2.87. The van der Waals surface area contributed by atoms with Crippen LogP contribution in [-0.2, 0) is 6.54 Å². The Morgan fingerprint density at radius 1 is 1.38 bits per heavy atom. The number of hydrogen-bond acceptors (Lipinski definition) is 1. The Kier molecular flexibility index (Phi) is 3.34. The first kappa shape index (κ1) is 10.6. The van der Waals surface area contributed by atoms with Gasteiger partial charge in [-0.25, -0.2) is 0 Å². The zero-order chi connectivity index (χ0) is 8.55. The Hall–Kier alpha value is -0.530. The third-order valence-corrected chi connectivity index (χ3v) is 2.54. The Bertz CT molecular complexity index is 292. The molecular weight excluding hydrogens is 182 g/mol. The molecule has 1 aliphatic carbocycles. The topological polar surface area (TPSA) is 26.0 Å². The maximum Gasteiger partial charge on any atom is 0.0181 e. The smallest absolute Gasteiger partial charge is 0.0181 e. The monoisotopic (exact) mass is 197 g/mol. The van der Waals surface area contributed by atoms with E-state index in [-0.39, 0.29) is 12.4 Å². The molecule has 0 atom stereocenters. The van der Waals surface area contributed by atoms with Crippen molar-refractivity contribution in [2.45, 2.75) is 32.2 Å². The Morgan fingerprint density at radius 2 is 2.08 bits per heavy atom. The van der Waals surface area contributed by atoms with Crippen molar-refractivity contribution in [2.75, 3.05) is 0 Å². The van der Waals surface area contributed by atoms with Crippen molar-refractivity contribution in [3.63, 3.8) is 0 Å². The van der Waals surface area contributed by atoms with Crippen LogP contribution in [0.1, 0.15) is 35.4 Å². The lowest BCUT2D eigenvalue weighted by Gasteiger charge is -2.06. The highest BCUT2D eigenvalue weighted by Gasteiger charge is 2.25. The summed E-state index contributed by atoms with van der Waals surface area (Å²) in [6, 6.07) is 6.65. The van der Waals surface area contributed by atoms with Crippen LogP contribution in [-0.4, -0.2) is 0 Å². The summed E-state index contributed by atoms with van der Waals surface area (Å²) in [5.41, 5.74) is 9.84. The Labute approximate surface area is 85.7 Å². The highest BCUT2D eigenvalue weighted by Crippen LogP contribution is 2.41. The quantitative estimate of drug-likeness (QED) is 0.776. The second-order valence-corrected chi connectivity index (χ2v) is 3.68. The van der Waals surface area contributed by atoms with Gasteiger partial charge in [-0.2, -0.15) is 0 Å². The van der Waals surface area contributed by atoms with E-state index in [0.29, 0.717) is 6.54 Å². The summed E-state index contributed by atoms with van der Waals surface area (Å²) in [7, 11) is 0. The van der Waals surface area contributed by atoms with Gasteiger partial charge in [-0.05, 0) is 36.8 Å². The molecule has 1 aromatic rings. The van der Waals surface area contributed by atoms with Gasteiger partial charge in [0.2, 0.25) is 0 Å². The summed E-state index contributed by atoms with van der Waals surface area (Å²) in [5.74, 6) is 0.823. The van der Waals surface area contributed by atoms with Crippen LogP contribution in [0, 0.1) is 6.92 Å². The molecule has 72 valence electrons. The minimum absolute atomic E-state index is 0. The minimum atomic E-state index is 0. The van der Waals surface area contributed by atoms with Gasteiger partial charge in [0.15, 0.2) is 0 Å². The third kappa shape index (κ3) is 2.23.